The minimum atomic E-state index is -0.265. The summed E-state index contributed by atoms with van der Waals surface area (Å²) in [4.78, 5) is 6.13. The van der Waals surface area contributed by atoms with Gasteiger partial charge >= 0.3 is 0 Å². The van der Waals surface area contributed by atoms with Crippen LogP contribution in [0, 0.1) is 5.82 Å². The molecule has 1 heterocycles. The quantitative estimate of drug-likeness (QED) is 0.801. The van der Waals surface area contributed by atoms with Gasteiger partial charge in [0.2, 0.25) is 0 Å². The Labute approximate surface area is 138 Å². The number of halogens is 3. The third-order valence-electron chi connectivity index (χ3n) is 3.39. The number of rotatable bonds is 2. The van der Waals surface area contributed by atoms with Crippen molar-refractivity contribution in [3.8, 4) is 0 Å². The van der Waals surface area contributed by atoms with Crippen molar-refractivity contribution in [3.63, 3.8) is 0 Å². The maximum Gasteiger partial charge on any atom is 0.196 e. The molecule has 0 bridgehead atoms. The van der Waals surface area contributed by atoms with Gasteiger partial charge < -0.3 is 10.6 Å². The summed E-state index contributed by atoms with van der Waals surface area (Å²) >= 11 is 6.71. The molecular weight excluding hydrogens is 401 g/mol. The third-order valence-corrected chi connectivity index (χ3v) is 4.38. The molecule has 0 spiro atoms. The van der Waals surface area contributed by atoms with E-state index in [4.69, 9.17) is 5.73 Å². The molecule has 108 valence electrons. The Hall–Kier alpha value is -1.40. The number of nitrogens with two attached hydrogens (primary N) is 1. The standard InChI is InChI=1S/C15H12Br2FN3/c16-9-2-1-3-11(6-9)21-14(8-20-15(21)19)12-5-4-10(17)7-13(12)18/h1-7,14H,8H2,(H2,19,20). The van der Waals surface area contributed by atoms with Gasteiger partial charge in [-0.25, -0.2) is 4.39 Å². The van der Waals surface area contributed by atoms with Crippen molar-refractivity contribution in [2.75, 3.05) is 11.4 Å². The summed E-state index contributed by atoms with van der Waals surface area (Å²) in [5.41, 5.74) is 7.47. The second kappa shape index (κ2) is 5.77. The van der Waals surface area contributed by atoms with Gasteiger partial charge in [-0.05, 0) is 30.3 Å². The van der Waals surface area contributed by atoms with E-state index < -0.39 is 0 Å². The van der Waals surface area contributed by atoms with Crippen LogP contribution in [0.4, 0.5) is 10.1 Å². The van der Waals surface area contributed by atoms with Crippen molar-refractivity contribution in [2.24, 2.45) is 10.7 Å². The fourth-order valence-electron chi connectivity index (χ4n) is 2.44. The van der Waals surface area contributed by atoms with Gasteiger partial charge in [0.15, 0.2) is 5.96 Å². The van der Waals surface area contributed by atoms with Gasteiger partial charge in [-0.1, -0.05) is 44.0 Å². The molecule has 1 aliphatic rings. The first-order chi connectivity index (χ1) is 10.1. The first-order valence-corrected chi connectivity index (χ1v) is 7.94. The molecule has 6 heteroatoms. The molecule has 3 rings (SSSR count). The summed E-state index contributed by atoms with van der Waals surface area (Å²) in [7, 11) is 0. The van der Waals surface area contributed by atoms with Crippen LogP contribution >= 0.6 is 31.9 Å². The minimum Gasteiger partial charge on any atom is -0.369 e. The van der Waals surface area contributed by atoms with E-state index >= 15 is 0 Å². The molecule has 0 saturated heterocycles. The molecule has 0 amide bonds. The summed E-state index contributed by atoms with van der Waals surface area (Å²) in [6, 6.07) is 12.5. The molecule has 2 aromatic carbocycles. The van der Waals surface area contributed by atoms with Crippen molar-refractivity contribution in [3.05, 3.63) is 62.8 Å². The Morgan fingerprint density at radius 3 is 2.62 bits per heavy atom. The van der Waals surface area contributed by atoms with Crippen molar-refractivity contribution >= 4 is 43.5 Å². The molecule has 0 radical (unpaired) electrons. The van der Waals surface area contributed by atoms with Crippen LogP contribution in [0.3, 0.4) is 0 Å². The average Bonchev–Trinajstić information content (AvgIpc) is 2.80. The minimum absolute atomic E-state index is 0.229. The van der Waals surface area contributed by atoms with Crippen molar-refractivity contribution in [1.82, 2.24) is 0 Å². The van der Waals surface area contributed by atoms with E-state index in [0.717, 1.165) is 10.2 Å². The highest BCUT2D eigenvalue weighted by atomic mass is 79.9. The maximum atomic E-state index is 14.2. The molecular formula is C15H12Br2FN3. The largest absolute Gasteiger partial charge is 0.369 e. The summed E-state index contributed by atoms with van der Waals surface area (Å²) in [6.07, 6.45) is 0. The van der Waals surface area contributed by atoms with Gasteiger partial charge in [0.05, 0.1) is 12.6 Å². The fraction of sp³-hybridized carbons (Fsp3) is 0.133. The first kappa shape index (κ1) is 14.5. The van der Waals surface area contributed by atoms with Gasteiger partial charge in [0.1, 0.15) is 5.82 Å². The predicted molar refractivity (Wildman–Crippen MR) is 90.0 cm³/mol. The summed E-state index contributed by atoms with van der Waals surface area (Å²) < 4.78 is 15.9. The van der Waals surface area contributed by atoms with E-state index in [1.165, 1.54) is 6.07 Å². The molecule has 0 aliphatic carbocycles. The van der Waals surface area contributed by atoms with Crippen LogP contribution in [0.15, 0.2) is 56.4 Å². The molecule has 21 heavy (non-hydrogen) atoms. The van der Waals surface area contributed by atoms with Gasteiger partial charge in [-0.15, -0.1) is 0 Å². The van der Waals surface area contributed by atoms with Crippen LogP contribution in [0.2, 0.25) is 0 Å². The Kier molecular flexibility index (Phi) is 3.99. The zero-order valence-electron chi connectivity index (χ0n) is 10.9. The number of hydrogen-bond acceptors (Lipinski definition) is 3. The zero-order valence-corrected chi connectivity index (χ0v) is 14.1. The second-order valence-electron chi connectivity index (χ2n) is 4.73. The molecule has 1 unspecified atom stereocenters. The van der Waals surface area contributed by atoms with Crippen molar-refractivity contribution in [1.29, 1.82) is 0 Å². The lowest BCUT2D eigenvalue weighted by Crippen LogP contribution is -2.36. The number of hydrogen-bond donors (Lipinski definition) is 1. The van der Waals surface area contributed by atoms with Crippen LogP contribution < -0.4 is 10.6 Å². The lowest BCUT2D eigenvalue weighted by molar-refractivity contribution is 0.588. The highest BCUT2D eigenvalue weighted by Crippen LogP contribution is 2.34. The van der Waals surface area contributed by atoms with E-state index in [9.17, 15) is 4.39 Å². The van der Waals surface area contributed by atoms with E-state index in [1.807, 2.05) is 35.2 Å². The Morgan fingerprint density at radius 1 is 1.14 bits per heavy atom. The molecule has 0 fully saturated rings. The SMILES string of the molecule is NC1=NCC(c2ccc(Br)cc2F)N1c1cccc(Br)c1. The van der Waals surface area contributed by atoms with Crippen LogP contribution in [0.1, 0.15) is 11.6 Å². The highest BCUT2D eigenvalue weighted by Gasteiger charge is 2.30. The monoisotopic (exact) mass is 411 g/mol. The zero-order chi connectivity index (χ0) is 15.0. The fourth-order valence-corrected chi connectivity index (χ4v) is 3.17. The Balaban J connectivity index is 2.03. The van der Waals surface area contributed by atoms with Crippen molar-refractivity contribution in [2.45, 2.75) is 6.04 Å². The number of anilines is 1. The molecule has 2 aromatic rings. The number of benzene rings is 2. The molecule has 3 nitrogen and oxygen atoms in total. The molecule has 0 saturated carbocycles. The van der Waals surface area contributed by atoms with Crippen LogP contribution in [0.25, 0.3) is 0 Å². The van der Waals surface area contributed by atoms with Crippen LogP contribution in [-0.4, -0.2) is 12.5 Å². The number of aliphatic imine (C=N–C) groups is 1. The van der Waals surface area contributed by atoms with Crippen molar-refractivity contribution < 1.29 is 4.39 Å². The highest BCUT2D eigenvalue weighted by molar-refractivity contribution is 9.10. The smallest absolute Gasteiger partial charge is 0.196 e. The van der Waals surface area contributed by atoms with Gasteiger partial charge in [0.25, 0.3) is 0 Å². The number of nitrogens with zero attached hydrogens (tertiary/aromatic N) is 2. The molecule has 1 aliphatic heterocycles. The van der Waals surface area contributed by atoms with Crippen LogP contribution in [0.5, 0.6) is 0 Å². The Morgan fingerprint density at radius 2 is 1.90 bits per heavy atom. The molecule has 2 N–H and O–H groups in total. The lowest BCUT2D eigenvalue weighted by atomic mass is 10.0. The van der Waals surface area contributed by atoms with E-state index in [1.54, 1.807) is 6.07 Å². The van der Waals surface area contributed by atoms with Gasteiger partial charge in [0, 0.05) is 20.2 Å². The summed E-state index contributed by atoms with van der Waals surface area (Å²) in [6.45, 7) is 0.441. The third kappa shape index (κ3) is 2.82. The van der Waals surface area contributed by atoms with E-state index in [-0.39, 0.29) is 11.9 Å². The van der Waals surface area contributed by atoms with Crippen LogP contribution in [-0.2, 0) is 0 Å². The summed E-state index contributed by atoms with van der Waals surface area (Å²) in [5.74, 6) is 0.139. The predicted octanol–water partition coefficient (Wildman–Crippen LogP) is 4.23. The second-order valence-corrected chi connectivity index (χ2v) is 6.56. The molecule has 1 atom stereocenters. The maximum absolute atomic E-state index is 14.2. The number of guanidine groups is 1. The van der Waals surface area contributed by atoms with Gasteiger partial charge in [-0.2, -0.15) is 0 Å². The van der Waals surface area contributed by atoms with E-state index in [0.29, 0.717) is 22.5 Å². The van der Waals surface area contributed by atoms with Gasteiger partial charge in [-0.3, -0.25) is 4.99 Å². The topological polar surface area (TPSA) is 41.6 Å². The average molecular weight is 413 g/mol. The summed E-state index contributed by atoms with van der Waals surface area (Å²) in [5, 5.41) is 0. The Bertz CT molecular complexity index is 718. The van der Waals surface area contributed by atoms with E-state index in [2.05, 4.69) is 36.9 Å². The normalized spacial score (nSPS) is 18.0. The molecule has 0 aromatic heterocycles. The first-order valence-electron chi connectivity index (χ1n) is 6.36. The lowest BCUT2D eigenvalue weighted by Gasteiger charge is -2.27.